The first-order valence-corrected chi connectivity index (χ1v) is 7.01. The van der Waals surface area contributed by atoms with Gasteiger partial charge in [-0.3, -0.25) is 19.3 Å². The molecule has 0 aromatic heterocycles. The highest BCUT2D eigenvalue weighted by molar-refractivity contribution is 6.04. The van der Waals surface area contributed by atoms with Crippen molar-refractivity contribution in [1.29, 1.82) is 0 Å². The van der Waals surface area contributed by atoms with Crippen LogP contribution in [0.2, 0.25) is 0 Å². The van der Waals surface area contributed by atoms with Gasteiger partial charge in [0.05, 0.1) is 5.92 Å². The van der Waals surface area contributed by atoms with Gasteiger partial charge >= 0.3 is 5.97 Å². The zero-order chi connectivity index (χ0) is 14.2. The summed E-state index contributed by atoms with van der Waals surface area (Å²) >= 11 is 0. The molecular weight excluding hydrogens is 246 g/mol. The highest BCUT2D eigenvalue weighted by Gasteiger charge is 2.44. The molecule has 1 N–H and O–H groups in total. The average Bonchev–Trinajstić information content (AvgIpc) is 2.57. The van der Waals surface area contributed by atoms with Gasteiger partial charge in [0.2, 0.25) is 11.8 Å². The minimum atomic E-state index is -0.801. The van der Waals surface area contributed by atoms with Crippen molar-refractivity contribution in [2.75, 3.05) is 6.54 Å². The number of likely N-dealkylation sites (tertiary alicyclic amines) is 1. The van der Waals surface area contributed by atoms with E-state index in [1.165, 1.54) is 4.90 Å². The van der Waals surface area contributed by atoms with Gasteiger partial charge in [-0.2, -0.15) is 0 Å². The van der Waals surface area contributed by atoms with Crippen LogP contribution in [-0.4, -0.2) is 34.3 Å². The summed E-state index contributed by atoms with van der Waals surface area (Å²) in [6, 6.07) is 0. The van der Waals surface area contributed by atoms with Crippen LogP contribution in [0, 0.1) is 23.7 Å². The predicted octanol–water partition coefficient (Wildman–Crippen LogP) is 1.52. The number of imide groups is 1. The number of carboxylic acids is 1. The van der Waals surface area contributed by atoms with Gasteiger partial charge in [-0.25, -0.2) is 0 Å². The third kappa shape index (κ3) is 2.51. The van der Waals surface area contributed by atoms with Crippen LogP contribution in [0.5, 0.6) is 0 Å². The van der Waals surface area contributed by atoms with E-state index >= 15 is 0 Å². The fraction of sp³-hybridized carbons (Fsp3) is 0.786. The number of nitrogens with zero attached hydrogens (tertiary/aromatic N) is 1. The number of carboxylic acid groups (broad SMARTS) is 1. The summed E-state index contributed by atoms with van der Waals surface area (Å²) in [5, 5.41) is 9.23. The van der Waals surface area contributed by atoms with Gasteiger partial charge in [-0.1, -0.05) is 26.7 Å². The Morgan fingerprint density at radius 2 is 1.68 bits per heavy atom. The number of carbonyl (C=O) groups is 3. The molecule has 19 heavy (non-hydrogen) atoms. The van der Waals surface area contributed by atoms with Crippen LogP contribution in [0.15, 0.2) is 0 Å². The molecule has 2 fully saturated rings. The molecule has 1 saturated heterocycles. The average molecular weight is 267 g/mol. The molecule has 2 amide bonds. The summed E-state index contributed by atoms with van der Waals surface area (Å²) < 4.78 is 0. The van der Waals surface area contributed by atoms with Gasteiger partial charge in [-0.05, 0) is 18.8 Å². The van der Waals surface area contributed by atoms with Gasteiger partial charge in [0.1, 0.15) is 0 Å². The van der Waals surface area contributed by atoms with E-state index in [0.717, 1.165) is 19.3 Å². The summed E-state index contributed by atoms with van der Waals surface area (Å²) in [6.07, 6.45) is 3.34. The third-order valence-corrected chi connectivity index (χ3v) is 4.70. The first-order valence-electron chi connectivity index (χ1n) is 7.01. The predicted molar refractivity (Wildman–Crippen MR) is 68.1 cm³/mol. The minimum Gasteiger partial charge on any atom is -0.481 e. The largest absolute Gasteiger partial charge is 0.481 e. The number of carbonyl (C=O) groups excluding carboxylic acids is 2. The van der Waals surface area contributed by atoms with Gasteiger partial charge in [0.15, 0.2) is 0 Å². The molecule has 0 radical (unpaired) electrons. The maximum Gasteiger partial charge on any atom is 0.306 e. The molecule has 4 atom stereocenters. The normalized spacial score (nSPS) is 35.8. The highest BCUT2D eigenvalue weighted by Crippen LogP contribution is 2.33. The number of hydrogen-bond donors (Lipinski definition) is 1. The number of rotatable bonds is 3. The lowest BCUT2D eigenvalue weighted by atomic mass is 9.79. The number of aliphatic carboxylic acids is 1. The van der Waals surface area contributed by atoms with Gasteiger partial charge in [-0.15, -0.1) is 0 Å². The van der Waals surface area contributed by atoms with Crippen molar-refractivity contribution in [2.45, 2.75) is 39.5 Å². The van der Waals surface area contributed by atoms with Gasteiger partial charge < -0.3 is 5.11 Å². The zero-order valence-corrected chi connectivity index (χ0v) is 11.5. The van der Waals surface area contributed by atoms with Gasteiger partial charge in [0, 0.05) is 18.4 Å². The van der Waals surface area contributed by atoms with E-state index in [-0.39, 0.29) is 36.1 Å². The second-order valence-corrected chi connectivity index (χ2v) is 5.85. The van der Waals surface area contributed by atoms with Gasteiger partial charge in [0.25, 0.3) is 0 Å². The van der Waals surface area contributed by atoms with Crippen LogP contribution in [0.3, 0.4) is 0 Å². The summed E-state index contributed by atoms with van der Waals surface area (Å²) in [6.45, 7) is 3.81. The fourth-order valence-electron chi connectivity index (χ4n) is 3.19. The van der Waals surface area contributed by atoms with E-state index in [9.17, 15) is 19.5 Å². The van der Waals surface area contributed by atoms with E-state index < -0.39 is 11.9 Å². The van der Waals surface area contributed by atoms with Crippen LogP contribution in [-0.2, 0) is 14.4 Å². The second-order valence-electron chi connectivity index (χ2n) is 5.85. The molecule has 0 bridgehead atoms. The van der Waals surface area contributed by atoms with Crippen LogP contribution in [0.25, 0.3) is 0 Å². The summed E-state index contributed by atoms with van der Waals surface area (Å²) in [5.41, 5.74) is 0. The lowest BCUT2D eigenvalue weighted by Gasteiger charge is -2.31. The molecule has 1 heterocycles. The Morgan fingerprint density at radius 3 is 2.21 bits per heavy atom. The molecule has 5 nitrogen and oxygen atoms in total. The Bertz CT molecular complexity index is 386. The monoisotopic (exact) mass is 267 g/mol. The van der Waals surface area contributed by atoms with Crippen LogP contribution in [0.1, 0.15) is 39.5 Å². The smallest absolute Gasteiger partial charge is 0.306 e. The van der Waals surface area contributed by atoms with Crippen molar-refractivity contribution < 1.29 is 19.5 Å². The summed E-state index contributed by atoms with van der Waals surface area (Å²) in [7, 11) is 0. The van der Waals surface area contributed by atoms with E-state index in [2.05, 4.69) is 0 Å². The van der Waals surface area contributed by atoms with E-state index in [1.54, 1.807) is 13.8 Å². The zero-order valence-electron chi connectivity index (χ0n) is 11.5. The third-order valence-electron chi connectivity index (χ3n) is 4.70. The Balaban J connectivity index is 2.09. The lowest BCUT2D eigenvalue weighted by molar-refractivity contribution is -0.148. The Kier molecular flexibility index (Phi) is 3.92. The highest BCUT2D eigenvalue weighted by atomic mass is 16.4. The number of hydrogen-bond acceptors (Lipinski definition) is 3. The molecule has 5 heteroatoms. The molecule has 1 aliphatic carbocycles. The quantitative estimate of drug-likeness (QED) is 0.787. The van der Waals surface area contributed by atoms with E-state index in [0.29, 0.717) is 6.42 Å². The van der Waals surface area contributed by atoms with Crippen LogP contribution < -0.4 is 0 Å². The van der Waals surface area contributed by atoms with Crippen LogP contribution >= 0.6 is 0 Å². The second kappa shape index (κ2) is 5.31. The van der Waals surface area contributed by atoms with Crippen molar-refractivity contribution in [1.82, 2.24) is 4.90 Å². The molecule has 0 spiro atoms. The van der Waals surface area contributed by atoms with Crippen LogP contribution in [0.4, 0.5) is 0 Å². The van der Waals surface area contributed by atoms with Crippen molar-refractivity contribution in [3.05, 3.63) is 0 Å². The molecule has 106 valence electrons. The topological polar surface area (TPSA) is 74.7 Å². The molecule has 0 aromatic carbocycles. The Labute approximate surface area is 113 Å². The molecular formula is C14H21NO4. The molecule has 2 rings (SSSR count). The van der Waals surface area contributed by atoms with E-state index in [4.69, 9.17) is 0 Å². The maximum atomic E-state index is 12.0. The van der Waals surface area contributed by atoms with E-state index in [1.807, 2.05) is 0 Å². The minimum absolute atomic E-state index is 0.0864. The molecule has 2 aliphatic rings. The van der Waals surface area contributed by atoms with Crippen molar-refractivity contribution in [3.63, 3.8) is 0 Å². The Morgan fingerprint density at radius 1 is 1.16 bits per heavy atom. The van der Waals surface area contributed by atoms with Crippen molar-refractivity contribution >= 4 is 17.8 Å². The SMILES string of the molecule is CC1C(=O)N(CC2CCCCC2C(=O)O)C(=O)C1C. The molecule has 0 aromatic rings. The van der Waals surface area contributed by atoms with Crippen molar-refractivity contribution in [2.24, 2.45) is 23.7 Å². The summed E-state index contributed by atoms with van der Waals surface area (Å²) in [5.74, 6) is -2.15. The summed E-state index contributed by atoms with van der Waals surface area (Å²) in [4.78, 5) is 36.6. The number of amides is 2. The lowest BCUT2D eigenvalue weighted by Crippen LogP contribution is -2.40. The molecule has 4 unspecified atom stereocenters. The molecule has 1 saturated carbocycles. The van der Waals surface area contributed by atoms with Crippen molar-refractivity contribution in [3.8, 4) is 0 Å². The standard InChI is InChI=1S/C14H21NO4/c1-8-9(2)13(17)15(12(8)16)7-10-5-3-4-6-11(10)14(18)19/h8-11H,3-7H2,1-2H3,(H,18,19). The first kappa shape index (κ1) is 14.0. The fourth-order valence-corrected chi connectivity index (χ4v) is 3.19. The Hall–Kier alpha value is -1.39. The molecule has 1 aliphatic heterocycles. The maximum absolute atomic E-state index is 12.0. The first-order chi connectivity index (χ1) is 8.93.